The molecule has 2 nitrogen and oxygen atoms in total. The molecule has 2 heteroatoms. The summed E-state index contributed by atoms with van der Waals surface area (Å²) < 4.78 is 5.41. The Kier molecular flexibility index (Phi) is 1.02. The summed E-state index contributed by atoms with van der Waals surface area (Å²) >= 11 is 0. The van der Waals surface area contributed by atoms with E-state index in [9.17, 15) is 0 Å². The van der Waals surface area contributed by atoms with Crippen LogP contribution < -0.4 is 5.32 Å². The van der Waals surface area contributed by atoms with E-state index in [2.05, 4.69) is 5.32 Å². The molecule has 0 unspecified atom stereocenters. The van der Waals surface area contributed by atoms with Gasteiger partial charge in [-0.05, 0) is 19.4 Å². The lowest BCUT2D eigenvalue weighted by atomic mass is 10.2. The minimum absolute atomic E-state index is 0.565. The molecule has 8 heavy (non-hydrogen) atoms. The van der Waals surface area contributed by atoms with Crippen LogP contribution in [0.25, 0.3) is 0 Å². The lowest BCUT2D eigenvalue weighted by Gasteiger charge is -2.04. The zero-order valence-corrected chi connectivity index (χ0v) is 4.89. The van der Waals surface area contributed by atoms with Crippen molar-refractivity contribution in [1.29, 1.82) is 0 Å². The first kappa shape index (κ1) is 4.77. The molecule has 2 aliphatic rings. The number of hydrogen-bond donors (Lipinski definition) is 1. The van der Waals surface area contributed by atoms with E-state index in [1.807, 2.05) is 0 Å². The molecule has 2 aliphatic heterocycles. The van der Waals surface area contributed by atoms with Gasteiger partial charge in [-0.1, -0.05) is 0 Å². The highest BCUT2D eigenvalue weighted by atomic mass is 16.5. The first-order chi connectivity index (χ1) is 3.97. The Bertz CT molecular complexity index is 74.5. The molecule has 0 saturated carbocycles. The molecule has 2 atom stereocenters. The third-order valence-electron chi connectivity index (χ3n) is 2.04. The molecule has 2 fully saturated rings. The van der Waals surface area contributed by atoms with Gasteiger partial charge in [0.1, 0.15) is 0 Å². The van der Waals surface area contributed by atoms with Crippen molar-refractivity contribution in [2.24, 2.45) is 0 Å². The normalized spacial score (nSPS) is 45.0. The van der Waals surface area contributed by atoms with Gasteiger partial charge in [0.25, 0.3) is 0 Å². The number of hydrogen-bond acceptors (Lipinski definition) is 2. The van der Waals surface area contributed by atoms with Crippen molar-refractivity contribution in [1.82, 2.24) is 5.32 Å². The second-order valence-corrected chi connectivity index (χ2v) is 2.55. The Morgan fingerprint density at radius 2 is 2.38 bits per heavy atom. The van der Waals surface area contributed by atoms with Crippen LogP contribution in [0.1, 0.15) is 12.8 Å². The van der Waals surface area contributed by atoms with Crippen LogP contribution in [-0.4, -0.2) is 25.3 Å². The predicted octanol–water partition coefficient (Wildman–Crippen LogP) is 0.137. The van der Waals surface area contributed by atoms with E-state index in [0.29, 0.717) is 12.1 Å². The number of rotatable bonds is 0. The van der Waals surface area contributed by atoms with Crippen molar-refractivity contribution in [3.05, 3.63) is 0 Å². The zero-order chi connectivity index (χ0) is 5.40. The lowest BCUT2D eigenvalue weighted by Crippen LogP contribution is -2.24. The summed E-state index contributed by atoms with van der Waals surface area (Å²) in [5.74, 6) is 0. The van der Waals surface area contributed by atoms with E-state index in [1.54, 1.807) is 0 Å². The molecule has 0 spiro atoms. The molecule has 1 N–H and O–H groups in total. The average molecular weight is 113 g/mol. The van der Waals surface area contributed by atoms with E-state index >= 15 is 0 Å². The number of nitrogens with one attached hydrogen (secondary N) is 1. The fraction of sp³-hybridized carbons (Fsp3) is 1.00. The van der Waals surface area contributed by atoms with E-state index in [0.717, 1.165) is 13.2 Å². The molecule has 0 amide bonds. The van der Waals surface area contributed by atoms with Crippen LogP contribution in [-0.2, 0) is 4.74 Å². The van der Waals surface area contributed by atoms with Crippen LogP contribution in [0.4, 0.5) is 0 Å². The van der Waals surface area contributed by atoms with Gasteiger partial charge in [0.05, 0.1) is 6.10 Å². The third-order valence-corrected chi connectivity index (χ3v) is 2.04. The third kappa shape index (κ3) is 0.565. The molecule has 0 aromatic heterocycles. The van der Waals surface area contributed by atoms with Gasteiger partial charge in [-0.15, -0.1) is 0 Å². The van der Waals surface area contributed by atoms with Gasteiger partial charge < -0.3 is 10.1 Å². The van der Waals surface area contributed by atoms with E-state index < -0.39 is 0 Å². The van der Waals surface area contributed by atoms with Crippen molar-refractivity contribution in [2.75, 3.05) is 13.2 Å². The van der Waals surface area contributed by atoms with Crippen LogP contribution in [0.5, 0.6) is 0 Å². The van der Waals surface area contributed by atoms with E-state index in [-0.39, 0.29) is 0 Å². The molecule has 0 radical (unpaired) electrons. The largest absolute Gasteiger partial charge is 0.376 e. The average Bonchev–Trinajstić information content (AvgIpc) is 2.15. The molecular formula is C6H11NO. The van der Waals surface area contributed by atoms with Crippen molar-refractivity contribution < 1.29 is 4.74 Å². The lowest BCUT2D eigenvalue weighted by molar-refractivity contribution is 0.112. The molecule has 2 saturated heterocycles. The second-order valence-electron chi connectivity index (χ2n) is 2.55. The van der Waals surface area contributed by atoms with Crippen LogP contribution in [0, 0.1) is 0 Å². The standard InChI is InChI=1S/C6H11NO/c1-3-7-5-2-4-8-6(1)5/h5-7H,1-4H2/t5-,6+/m1/s1. The topological polar surface area (TPSA) is 21.3 Å². The van der Waals surface area contributed by atoms with Gasteiger partial charge in [-0.25, -0.2) is 0 Å². The van der Waals surface area contributed by atoms with Gasteiger partial charge in [-0.2, -0.15) is 0 Å². The van der Waals surface area contributed by atoms with Crippen molar-refractivity contribution in [3.8, 4) is 0 Å². The fourth-order valence-corrected chi connectivity index (χ4v) is 1.58. The second kappa shape index (κ2) is 1.71. The van der Waals surface area contributed by atoms with Gasteiger partial charge >= 0.3 is 0 Å². The first-order valence-electron chi connectivity index (χ1n) is 3.32. The van der Waals surface area contributed by atoms with E-state index in [4.69, 9.17) is 4.74 Å². The van der Waals surface area contributed by atoms with Crippen LogP contribution in [0.2, 0.25) is 0 Å². The summed E-state index contributed by atoms with van der Waals surface area (Å²) in [6.45, 7) is 2.14. The highest BCUT2D eigenvalue weighted by Gasteiger charge is 2.31. The monoisotopic (exact) mass is 113 g/mol. The molecule has 0 aliphatic carbocycles. The van der Waals surface area contributed by atoms with Crippen molar-refractivity contribution >= 4 is 0 Å². The summed E-state index contributed by atoms with van der Waals surface area (Å²) in [6.07, 6.45) is 3.02. The van der Waals surface area contributed by atoms with Crippen LogP contribution >= 0.6 is 0 Å². The molecule has 0 bridgehead atoms. The maximum Gasteiger partial charge on any atom is 0.0740 e. The van der Waals surface area contributed by atoms with Gasteiger partial charge in [0.15, 0.2) is 0 Å². The van der Waals surface area contributed by atoms with E-state index in [1.165, 1.54) is 12.8 Å². The summed E-state index contributed by atoms with van der Waals surface area (Å²) in [5.41, 5.74) is 0. The van der Waals surface area contributed by atoms with Crippen LogP contribution in [0.15, 0.2) is 0 Å². The number of ether oxygens (including phenoxy) is 1. The molecule has 0 aromatic carbocycles. The molecule has 46 valence electrons. The van der Waals surface area contributed by atoms with Gasteiger partial charge in [-0.3, -0.25) is 0 Å². The minimum Gasteiger partial charge on any atom is -0.376 e. The zero-order valence-electron chi connectivity index (χ0n) is 4.89. The summed E-state index contributed by atoms with van der Waals surface area (Å²) in [4.78, 5) is 0. The maximum atomic E-state index is 5.41. The molecule has 0 aromatic rings. The number of fused-ring (bicyclic) bond motifs is 1. The van der Waals surface area contributed by atoms with Crippen molar-refractivity contribution in [2.45, 2.75) is 25.0 Å². The SMILES string of the molecule is C1C[C@@H]2OCC[C@H]2N1. The Morgan fingerprint density at radius 3 is 3.25 bits per heavy atom. The van der Waals surface area contributed by atoms with Crippen LogP contribution in [0.3, 0.4) is 0 Å². The fourth-order valence-electron chi connectivity index (χ4n) is 1.58. The molecular weight excluding hydrogens is 102 g/mol. The van der Waals surface area contributed by atoms with Gasteiger partial charge in [0.2, 0.25) is 0 Å². The Labute approximate surface area is 49.2 Å². The Balaban J connectivity index is 2.04. The molecule has 2 heterocycles. The maximum absolute atomic E-state index is 5.41. The van der Waals surface area contributed by atoms with Gasteiger partial charge in [0, 0.05) is 12.6 Å². The predicted molar refractivity (Wildman–Crippen MR) is 30.8 cm³/mol. The highest BCUT2D eigenvalue weighted by molar-refractivity contribution is 4.88. The summed E-state index contributed by atoms with van der Waals surface area (Å²) in [6, 6.07) is 0.704. The quantitative estimate of drug-likeness (QED) is 0.482. The Hall–Kier alpha value is -0.0800. The Morgan fingerprint density at radius 1 is 1.38 bits per heavy atom. The minimum atomic E-state index is 0.565. The van der Waals surface area contributed by atoms with Crippen molar-refractivity contribution in [3.63, 3.8) is 0 Å². The highest BCUT2D eigenvalue weighted by Crippen LogP contribution is 2.20. The smallest absolute Gasteiger partial charge is 0.0740 e. The molecule has 2 rings (SSSR count). The first-order valence-corrected chi connectivity index (χ1v) is 3.32. The summed E-state index contributed by atoms with van der Waals surface area (Å²) in [5, 5.41) is 3.39. The summed E-state index contributed by atoms with van der Waals surface area (Å²) in [7, 11) is 0.